The Kier molecular flexibility index (Phi) is 5.17. The van der Waals surface area contributed by atoms with Gasteiger partial charge in [0.1, 0.15) is 0 Å². The Bertz CT molecular complexity index is 473. The Balaban J connectivity index is 2.02. The molecule has 2 N–H and O–H groups in total. The predicted octanol–water partition coefficient (Wildman–Crippen LogP) is 4.06. The van der Waals surface area contributed by atoms with Crippen molar-refractivity contribution in [3.63, 3.8) is 0 Å². The minimum absolute atomic E-state index is 0.575. The van der Waals surface area contributed by atoms with Crippen LogP contribution in [0.4, 0.5) is 0 Å². The van der Waals surface area contributed by atoms with Crippen LogP contribution in [0.3, 0.4) is 0 Å². The van der Waals surface area contributed by atoms with Gasteiger partial charge in [-0.15, -0.1) is 0 Å². The van der Waals surface area contributed by atoms with Gasteiger partial charge in [-0.2, -0.15) is 0 Å². The summed E-state index contributed by atoms with van der Waals surface area (Å²) >= 11 is 0. The Morgan fingerprint density at radius 3 is 2.21 bits per heavy atom. The summed E-state index contributed by atoms with van der Waals surface area (Å²) in [7, 11) is 0. The summed E-state index contributed by atoms with van der Waals surface area (Å²) in [4.78, 5) is 0. The third kappa shape index (κ3) is 4.22. The Morgan fingerprint density at radius 2 is 1.58 bits per heavy atom. The zero-order valence-electron chi connectivity index (χ0n) is 11.7. The number of benzene rings is 2. The fourth-order valence-electron chi connectivity index (χ4n) is 2.50. The van der Waals surface area contributed by atoms with E-state index in [-0.39, 0.29) is 0 Å². The molecule has 1 atom stereocenters. The van der Waals surface area contributed by atoms with Gasteiger partial charge in [0, 0.05) is 0 Å². The van der Waals surface area contributed by atoms with E-state index in [2.05, 4.69) is 61.5 Å². The maximum atomic E-state index is 5.77. The third-order valence-corrected chi connectivity index (χ3v) is 3.69. The SMILES string of the molecule is Cc1ccc(C(CCN)CCc2ccccc2)cc1. The smallest absolute Gasteiger partial charge is 0.00714 e. The van der Waals surface area contributed by atoms with E-state index in [9.17, 15) is 0 Å². The molecule has 100 valence electrons. The molecule has 0 saturated heterocycles. The minimum Gasteiger partial charge on any atom is -0.330 e. The molecule has 0 heterocycles. The van der Waals surface area contributed by atoms with Gasteiger partial charge in [-0.05, 0) is 49.8 Å². The number of hydrogen-bond donors (Lipinski definition) is 1. The fraction of sp³-hybridized carbons (Fsp3) is 0.333. The van der Waals surface area contributed by atoms with Crippen molar-refractivity contribution < 1.29 is 0 Å². The van der Waals surface area contributed by atoms with Crippen molar-refractivity contribution in [1.82, 2.24) is 0 Å². The van der Waals surface area contributed by atoms with Gasteiger partial charge in [-0.1, -0.05) is 60.2 Å². The van der Waals surface area contributed by atoms with Gasteiger partial charge in [0.2, 0.25) is 0 Å². The topological polar surface area (TPSA) is 26.0 Å². The lowest BCUT2D eigenvalue weighted by atomic mass is 9.89. The highest BCUT2D eigenvalue weighted by atomic mass is 14.5. The third-order valence-electron chi connectivity index (χ3n) is 3.69. The largest absolute Gasteiger partial charge is 0.330 e. The van der Waals surface area contributed by atoms with E-state index in [0.29, 0.717) is 5.92 Å². The molecule has 0 aliphatic heterocycles. The standard InChI is InChI=1S/C18H23N/c1-15-7-10-17(11-8-15)18(13-14-19)12-9-16-5-3-2-4-6-16/h2-8,10-11,18H,9,12-14,19H2,1H3. The number of hydrogen-bond acceptors (Lipinski definition) is 1. The van der Waals surface area contributed by atoms with Crippen LogP contribution in [0.5, 0.6) is 0 Å². The van der Waals surface area contributed by atoms with E-state index < -0.39 is 0 Å². The molecular formula is C18H23N. The van der Waals surface area contributed by atoms with Crippen LogP contribution in [-0.2, 0) is 6.42 Å². The van der Waals surface area contributed by atoms with E-state index in [1.807, 2.05) is 0 Å². The monoisotopic (exact) mass is 253 g/mol. The summed E-state index contributed by atoms with van der Waals surface area (Å²) in [5.41, 5.74) is 9.92. The highest BCUT2D eigenvalue weighted by Gasteiger charge is 2.10. The molecule has 0 radical (unpaired) electrons. The molecule has 0 spiro atoms. The Hall–Kier alpha value is -1.60. The number of nitrogens with two attached hydrogens (primary N) is 1. The lowest BCUT2D eigenvalue weighted by Crippen LogP contribution is -2.08. The molecule has 19 heavy (non-hydrogen) atoms. The molecule has 0 bridgehead atoms. The van der Waals surface area contributed by atoms with Crippen LogP contribution in [0.15, 0.2) is 54.6 Å². The second-order valence-electron chi connectivity index (χ2n) is 5.21. The first-order valence-electron chi connectivity index (χ1n) is 7.10. The second-order valence-corrected chi connectivity index (χ2v) is 5.21. The highest BCUT2D eigenvalue weighted by Crippen LogP contribution is 2.25. The maximum absolute atomic E-state index is 5.77. The summed E-state index contributed by atoms with van der Waals surface area (Å²) in [6.45, 7) is 2.89. The average molecular weight is 253 g/mol. The van der Waals surface area contributed by atoms with Crippen LogP contribution in [0.1, 0.15) is 35.4 Å². The van der Waals surface area contributed by atoms with Crippen molar-refractivity contribution in [2.75, 3.05) is 6.54 Å². The molecule has 0 aromatic heterocycles. The van der Waals surface area contributed by atoms with Crippen LogP contribution in [0.25, 0.3) is 0 Å². The van der Waals surface area contributed by atoms with Crippen molar-refractivity contribution in [3.8, 4) is 0 Å². The quantitative estimate of drug-likeness (QED) is 0.825. The molecule has 0 amide bonds. The lowest BCUT2D eigenvalue weighted by Gasteiger charge is -2.17. The maximum Gasteiger partial charge on any atom is -0.00714 e. The molecule has 0 saturated carbocycles. The molecular weight excluding hydrogens is 230 g/mol. The minimum atomic E-state index is 0.575. The molecule has 1 nitrogen and oxygen atoms in total. The van der Waals surface area contributed by atoms with E-state index in [1.54, 1.807) is 0 Å². The van der Waals surface area contributed by atoms with Gasteiger partial charge >= 0.3 is 0 Å². The van der Waals surface area contributed by atoms with E-state index in [0.717, 1.165) is 19.4 Å². The highest BCUT2D eigenvalue weighted by molar-refractivity contribution is 5.25. The molecule has 2 rings (SSSR count). The van der Waals surface area contributed by atoms with E-state index >= 15 is 0 Å². The van der Waals surface area contributed by atoms with Crippen molar-refractivity contribution in [2.45, 2.75) is 32.1 Å². The summed E-state index contributed by atoms with van der Waals surface area (Å²) < 4.78 is 0. The summed E-state index contributed by atoms with van der Waals surface area (Å²) in [5.74, 6) is 0.575. The van der Waals surface area contributed by atoms with Crippen molar-refractivity contribution in [1.29, 1.82) is 0 Å². The molecule has 0 aliphatic carbocycles. The zero-order chi connectivity index (χ0) is 13.5. The van der Waals surface area contributed by atoms with Gasteiger partial charge < -0.3 is 5.73 Å². The van der Waals surface area contributed by atoms with Gasteiger partial charge in [0.25, 0.3) is 0 Å². The molecule has 1 heteroatoms. The second kappa shape index (κ2) is 7.10. The zero-order valence-corrected chi connectivity index (χ0v) is 11.7. The first-order chi connectivity index (χ1) is 9.29. The average Bonchev–Trinajstić information content (AvgIpc) is 2.46. The molecule has 2 aromatic rings. The lowest BCUT2D eigenvalue weighted by molar-refractivity contribution is 0.584. The normalized spacial score (nSPS) is 12.3. The molecule has 0 aliphatic rings. The number of rotatable bonds is 6. The van der Waals surface area contributed by atoms with Crippen LogP contribution >= 0.6 is 0 Å². The van der Waals surface area contributed by atoms with E-state index in [1.165, 1.54) is 23.1 Å². The van der Waals surface area contributed by atoms with E-state index in [4.69, 9.17) is 5.73 Å². The molecule has 0 fully saturated rings. The van der Waals surface area contributed by atoms with Gasteiger partial charge in [-0.25, -0.2) is 0 Å². The van der Waals surface area contributed by atoms with Gasteiger partial charge in [0.15, 0.2) is 0 Å². The van der Waals surface area contributed by atoms with Gasteiger partial charge in [0.05, 0.1) is 0 Å². The van der Waals surface area contributed by atoms with Crippen molar-refractivity contribution in [3.05, 3.63) is 71.3 Å². The van der Waals surface area contributed by atoms with Gasteiger partial charge in [-0.3, -0.25) is 0 Å². The van der Waals surface area contributed by atoms with Crippen LogP contribution < -0.4 is 5.73 Å². The molecule has 2 aromatic carbocycles. The van der Waals surface area contributed by atoms with Crippen LogP contribution in [0, 0.1) is 6.92 Å². The first-order valence-corrected chi connectivity index (χ1v) is 7.10. The van der Waals surface area contributed by atoms with Crippen molar-refractivity contribution >= 4 is 0 Å². The summed E-state index contributed by atoms with van der Waals surface area (Å²) in [5, 5.41) is 0. The predicted molar refractivity (Wildman–Crippen MR) is 82.4 cm³/mol. The first kappa shape index (κ1) is 13.8. The Labute approximate surface area is 116 Å². The van der Waals surface area contributed by atoms with Crippen LogP contribution in [0.2, 0.25) is 0 Å². The number of aryl methyl sites for hydroxylation is 2. The summed E-state index contributed by atoms with van der Waals surface area (Å²) in [6.07, 6.45) is 3.36. The van der Waals surface area contributed by atoms with Crippen molar-refractivity contribution in [2.24, 2.45) is 5.73 Å². The fourth-order valence-corrected chi connectivity index (χ4v) is 2.50. The summed E-state index contributed by atoms with van der Waals surface area (Å²) in [6, 6.07) is 19.6. The van der Waals surface area contributed by atoms with Crippen LogP contribution in [-0.4, -0.2) is 6.54 Å². The Morgan fingerprint density at radius 1 is 0.895 bits per heavy atom. The molecule has 1 unspecified atom stereocenters.